The first-order valence-corrected chi connectivity index (χ1v) is 8.04. The molecule has 0 aromatic heterocycles. The van der Waals surface area contributed by atoms with E-state index in [1.165, 1.54) is 14.6 Å². The molecule has 23 heavy (non-hydrogen) atoms. The maximum absolute atomic E-state index is 8.40. The minimum atomic E-state index is -1.42. The third-order valence-electron chi connectivity index (χ3n) is 2.13. The van der Waals surface area contributed by atoms with Crippen molar-refractivity contribution in [2.45, 2.75) is 20.3 Å². The number of hydrogen-bond acceptors (Lipinski definition) is 2. The van der Waals surface area contributed by atoms with Crippen LogP contribution in [0.5, 0.6) is 0 Å². The Bertz CT molecular complexity index is 586. The summed E-state index contributed by atoms with van der Waals surface area (Å²) in [4.78, 5) is 0. The van der Waals surface area contributed by atoms with E-state index < -0.39 is 8.34 Å². The zero-order valence-electron chi connectivity index (χ0n) is 13.1. The molecular weight excluding hydrogens is 386 g/mol. The van der Waals surface area contributed by atoms with E-state index in [4.69, 9.17) is 9.13 Å². The number of allylic oxidation sites excluding steroid dienone is 4. The SMILES string of the molecule is C[C](C)=[Ti+2].Cl.Cl.O=[PH]=O.[C-]1=CC=CC1.c1ccc2[cH-]ccc2c1. The molecule has 0 unspecified atom stereocenters. The Morgan fingerprint density at radius 3 is 2.13 bits per heavy atom. The molecule has 0 amide bonds. The molecule has 2 aromatic carbocycles. The first-order valence-electron chi connectivity index (χ1n) is 6.45. The third kappa shape index (κ3) is 17.6. The molecule has 0 bridgehead atoms. The van der Waals surface area contributed by atoms with Crippen LogP contribution in [0.4, 0.5) is 0 Å². The van der Waals surface area contributed by atoms with Crippen molar-refractivity contribution in [1.29, 1.82) is 0 Å². The molecule has 3 rings (SSSR count). The molecule has 2 aromatic rings. The van der Waals surface area contributed by atoms with E-state index in [-0.39, 0.29) is 24.8 Å². The molecule has 0 heterocycles. The summed E-state index contributed by atoms with van der Waals surface area (Å²) < 4.78 is 18.2. The van der Waals surface area contributed by atoms with Crippen molar-refractivity contribution in [2.24, 2.45) is 0 Å². The van der Waals surface area contributed by atoms with Crippen LogP contribution in [0, 0.1) is 6.08 Å². The fourth-order valence-electron chi connectivity index (χ4n) is 1.41. The van der Waals surface area contributed by atoms with Gasteiger partial charge < -0.3 is 0 Å². The minimum Gasteiger partial charge on any atom is -0.273 e. The number of fused-ring (bicyclic) bond motifs is 1. The number of benzene rings is 1. The Hall–Kier alpha value is -0.626. The smallest absolute Gasteiger partial charge is 0.273 e. The molecule has 0 radical (unpaired) electrons. The quantitative estimate of drug-likeness (QED) is 0.314. The largest absolute Gasteiger partial charge is 0.303 e. The van der Waals surface area contributed by atoms with Gasteiger partial charge in [-0.15, -0.1) is 60.9 Å². The topological polar surface area (TPSA) is 34.1 Å². The molecule has 0 spiro atoms. The molecule has 2 nitrogen and oxygen atoms in total. The van der Waals surface area contributed by atoms with Gasteiger partial charge in [-0.25, -0.2) is 21.3 Å². The Morgan fingerprint density at radius 1 is 1.17 bits per heavy atom. The molecule has 0 aliphatic heterocycles. The Kier molecular flexibility index (Phi) is 23.0. The normalized spacial score (nSPS) is 9.57. The summed E-state index contributed by atoms with van der Waals surface area (Å²) >= 11 is 2.08. The van der Waals surface area contributed by atoms with Crippen LogP contribution in [-0.4, -0.2) is 3.81 Å². The second-order valence-electron chi connectivity index (χ2n) is 4.24. The van der Waals surface area contributed by atoms with E-state index in [9.17, 15) is 0 Å². The maximum atomic E-state index is 8.40. The summed E-state index contributed by atoms with van der Waals surface area (Å²) in [7, 11) is -1.42. The Labute approximate surface area is 163 Å². The zero-order chi connectivity index (χ0) is 15.9. The van der Waals surface area contributed by atoms with Gasteiger partial charge >= 0.3 is 46.0 Å². The summed E-state index contributed by atoms with van der Waals surface area (Å²) in [6.07, 6.45) is 10.0. The van der Waals surface area contributed by atoms with Crippen molar-refractivity contribution in [3.8, 4) is 0 Å². The van der Waals surface area contributed by atoms with E-state index in [0.717, 1.165) is 6.42 Å². The predicted molar refractivity (Wildman–Crippen MR) is 102 cm³/mol. The van der Waals surface area contributed by atoms with Crippen LogP contribution in [0.3, 0.4) is 0 Å². The van der Waals surface area contributed by atoms with E-state index in [2.05, 4.69) is 88.4 Å². The average Bonchev–Trinajstić information content (AvgIpc) is 3.14. The van der Waals surface area contributed by atoms with Gasteiger partial charge in [0.2, 0.25) is 0 Å². The molecule has 0 fully saturated rings. The molecule has 0 N–H and O–H groups in total. The van der Waals surface area contributed by atoms with Crippen LogP contribution in [0.2, 0.25) is 0 Å². The fourth-order valence-corrected chi connectivity index (χ4v) is 1.41. The van der Waals surface area contributed by atoms with Crippen molar-refractivity contribution in [3.05, 3.63) is 66.8 Å². The second-order valence-corrected chi connectivity index (χ2v) is 5.97. The maximum Gasteiger partial charge on any atom is 0.303 e. The van der Waals surface area contributed by atoms with Crippen LogP contribution in [0.1, 0.15) is 20.3 Å². The van der Waals surface area contributed by atoms with Crippen molar-refractivity contribution < 1.29 is 29.1 Å². The monoisotopic (exact) mass is 406 g/mol. The summed E-state index contributed by atoms with van der Waals surface area (Å²) in [5, 5.41) is 2.66. The van der Waals surface area contributed by atoms with Crippen LogP contribution in [0.15, 0.2) is 60.7 Å². The number of rotatable bonds is 0. The zero-order valence-corrected chi connectivity index (χ0v) is 17.3. The van der Waals surface area contributed by atoms with Crippen molar-refractivity contribution in [3.63, 3.8) is 0 Å². The van der Waals surface area contributed by atoms with Gasteiger partial charge in [0.15, 0.2) is 0 Å². The van der Waals surface area contributed by atoms with Crippen LogP contribution in [-0.2, 0) is 29.1 Å². The molecule has 0 saturated carbocycles. The minimum absolute atomic E-state index is 0. The molecular formula is C17H21Cl2O2PTi. The standard InChI is InChI=1S/C9H7.C5H5.C3H6.2ClH.HO2P.Ti/c1-2-5-9-7-3-6-8(9)4-1;1-2-4-5-3-1;1-3-2;;;1-3-2;/h1-7H;1-3H,4H2;1-2H3;2*1H;3H;/q2*-1;;;;;+2. The molecule has 124 valence electrons. The van der Waals surface area contributed by atoms with Gasteiger partial charge in [0.05, 0.1) is 0 Å². The number of hydrogen-bond donors (Lipinski definition) is 0. The summed E-state index contributed by atoms with van der Waals surface area (Å²) in [5.74, 6) is 0. The van der Waals surface area contributed by atoms with Gasteiger partial charge in [-0.1, -0.05) is 6.07 Å². The van der Waals surface area contributed by atoms with Crippen LogP contribution >= 0.6 is 33.2 Å². The van der Waals surface area contributed by atoms with Crippen molar-refractivity contribution in [1.82, 2.24) is 0 Å². The van der Waals surface area contributed by atoms with Gasteiger partial charge in [0.1, 0.15) is 0 Å². The first kappa shape index (κ1) is 27.2. The van der Waals surface area contributed by atoms with Crippen molar-refractivity contribution >= 4 is 47.7 Å². The average molecular weight is 407 g/mol. The first-order chi connectivity index (χ1) is 10.1. The van der Waals surface area contributed by atoms with Gasteiger partial charge in [-0.05, 0) is 0 Å². The van der Waals surface area contributed by atoms with Crippen LogP contribution < -0.4 is 0 Å². The van der Waals surface area contributed by atoms with E-state index >= 15 is 0 Å². The van der Waals surface area contributed by atoms with E-state index in [1.807, 2.05) is 12.2 Å². The van der Waals surface area contributed by atoms with Gasteiger partial charge in [0.25, 0.3) is 0 Å². The summed E-state index contributed by atoms with van der Waals surface area (Å²) in [6, 6.07) is 14.7. The predicted octanol–water partition coefficient (Wildman–Crippen LogP) is 5.81. The van der Waals surface area contributed by atoms with E-state index in [0.29, 0.717) is 0 Å². The molecule has 0 atom stereocenters. The summed E-state index contributed by atoms with van der Waals surface area (Å²) in [5.41, 5.74) is 0. The van der Waals surface area contributed by atoms with Gasteiger partial charge in [-0.2, -0.15) is 23.6 Å². The molecule has 6 heteroatoms. The molecule has 1 aliphatic carbocycles. The van der Waals surface area contributed by atoms with Crippen molar-refractivity contribution in [2.75, 3.05) is 0 Å². The molecule has 1 aliphatic rings. The van der Waals surface area contributed by atoms with Crippen LogP contribution in [0.25, 0.3) is 10.8 Å². The van der Waals surface area contributed by atoms with E-state index in [1.54, 1.807) is 0 Å². The Balaban J connectivity index is -0.000000250. The Morgan fingerprint density at radius 2 is 1.74 bits per heavy atom. The molecule has 0 saturated heterocycles. The second kappa shape index (κ2) is 19.4. The van der Waals surface area contributed by atoms with Gasteiger partial charge in [0, 0.05) is 0 Å². The third-order valence-corrected chi connectivity index (χ3v) is 2.13. The number of halogens is 2. The fraction of sp³-hybridized carbons (Fsp3) is 0.176. The summed E-state index contributed by atoms with van der Waals surface area (Å²) in [6.45, 7) is 4.17. The van der Waals surface area contributed by atoms with Gasteiger partial charge in [-0.3, -0.25) is 6.08 Å².